The molecule has 2 rings (SSSR count). The molecule has 7 heteroatoms. The highest BCUT2D eigenvalue weighted by atomic mass is 127. The monoisotopic (exact) mass is 556 g/mol. The second kappa shape index (κ2) is 11.9. The molecule has 0 saturated heterocycles. The third kappa shape index (κ3) is 7.79. The van der Waals surface area contributed by atoms with Gasteiger partial charge in [-0.1, -0.05) is 45.2 Å². The van der Waals surface area contributed by atoms with Crippen LogP contribution in [0.15, 0.2) is 42.5 Å². The maximum Gasteiger partial charge on any atom is 0.251 e. The van der Waals surface area contributed by atoms with E-state index in [0.29, 0.717) is 23.7 Å². The number of carbonyl (C=O) groups is 1. The van der Waals surface area contributed by atoms with E-state index in [4.69, 9.17) is 0 Å². The van der Waals surface area contributed by atoms with Crippen molar-refractivity contribution >= 4 is 44.2 Å². The van der Waals surface area contributed by atoms with Crippen LogP contribution in [0.3, 0.4) is 0 Å². The molecule has 0 aliphatic heterocycles. The van der Waals surface area contributed by atoms with Crippen LogP contribution in [-0.2, 0) is 16.6 Å². The van der Waals surface area contributed by atoms with Gasteiger partial charge in [0.05, 0.1) is 18.5 Å². The molecule has 0 saturated carbocycles. The third-order valence-corrected chi connectivity index (χ3v) is 7.26. The summed E-state index contributed by atoms with van der Waals surface area (Å²) in [6.45, 7) is 7.15. The second-order valence-electron chi connectivity index (χ2n) is 8.02. The Bertz CT molecular complexity index is 975. The molecule has 0 heterocycles. The van der Waals surface area contributed by atoms with Crippen LogP contribution in [0.4, 0.5) is 5.69 Å². The number of unbranched alkanes of at least 4 members (excludes halogenated alkanes) is 1. The molecule has 0 aliphatic rings. The number of rotatable bonds is 11. The molecule has 170 valence electrons. The fraction of sp³-hybridized carbons (Fsp3) is 0.458. The SMILES string of the molecule is CCCC[C@H](CC)CNC(=O)c1ccc(CN(c2ccc(I)cc2C)S(C)(=O)=O)cc1. The van der Waals surface area contributed by atoms with Gasteiger partial charge >= 0.3 is 0 Å². The van der Waals surface area contributed by atoms with E-state index in [0.717, 1.165) is 34.0 Å². The first-order valence-corrected chi connectivity index (χ1v) is 13.7. The average Bonchev–Trinajstić information content (AvgIpc) is 2.72. The predicted octanol–water partition coefficient (Wildman–Crippen LogP) is 5.51. The van der Waals surface area contributed by atoms with Gasteiger partial charge in [0.15, 0.2) is 0 Å². The molecule has 1 amide bonds. The minimum Gasteiger partial charge on any atom is -0.352 e. The summed E-state index contributed by atoms with van der Waals surface area (Å²) in [6.07, 6.45) is 5.75. The van der Waals surface area contributed by atoms with Gasteiger partial charge in [0, 0.05) is 15.7 Å². The molecule has 1 atom stereocenters. The van der Waals surface area contributed by atoms with Crippen molar-refractivity contribution in [2.45, 2.75) is 53.0 Å². The Hall–Kier alpha value is -1.61. The van der Waals surface area contributed by atoms with E-state index in [2.05, 4.69) is 41.8 Å². The van der Waals surface area contributed by atoms with Crippen molar-refractivity contribution in [2.24, 2.45) is 5.92 Å². The van der Waals surface area contributed by atoms with Gasteiger partial charge in [0.1, 0.15) is 0 Å². The largest absolute Gasteiger partial charge is 0.352 e. The molecule has 5 nitrogen and oxygen atoms in total. The van der Waals surface area contributed by atoms with Gasteiger partial charge in [-0.25, -0.2) is 8.42 Å². The number of nitrogens with zero attached hydrogens (tertiary/aromatic N) is 1. The molecule has 0 aromatic heterocycles. The second-order valence-corrected chi connectivity index (χ2v) is 11.2. The Balaban J connectivity index is 2.09. The van der Waals surface area contributed by atoms with Crippen molar-refractivity contribution in [3.05, 3.63) is 62.7 Å². The van der Waals surface area contributed by atoms with Crippen LogP contribution in [0, 0.1) is 16.4 Å². The Morgan fingerprint density at radius 3 is 2.35 bits per heavy atom. The Kier molecular flexibility index (Phi) is 9.81. The Morgan fingerprint density at radius 1 is 1.13 bits per heavy atom. The van der Waals surface area contributed by atoms with Gasteiger partial charge in [-0.15, -0.1) is 0 Å². The summed E-state index contributed by atoms with van der Waals surface area (Å²) in [7, 11) is -3.46. The smallest absolute Gasteiger partial charge is 0.251 e. The van der Waals surface area contributed by atoms with Gasteiger partial charge < -0.3 is 5.32 Å². The van der Waals surface area contributed by atoms with Crippen molar-refractivity contribution in [1.29, 1.82) is 0 Å². The fourth-order valence-corrected chi connectivity index (χ4v) is 5.08. The molecular formula is C24H33IN2O3S. The van der Waals surface area contributed by atoms with E-state index in [-0.39, 0.29) is 12.5 Å². The van der Waals surface area contributed by atoms with E-state index >= 15 is 0 Å². The number of amides is 1. The third-order valence-electron chi connectivity index (χ3n) is 5.46. The standard InChI is InChI=1S/C24H33IN2O3S/c1-5-7-8-19(6-2)16-26-24(28)21-11-9-20(10-12-21)17-27(31(4,29)30)23-14-13-22(25)15-18(23)3/h9-15,19H,5-8,16-17H2,1-4H3,(H,26,28)/t19-/m0/s1. The molecule has 2 aromatic carbocycles. The highest BCUT2D eigenvalue weighted by Crippen LogP contribution is 2.26. The summed E-state index contributed by atoms with van der Waals surface area (Å²) in [5.41, 5.74) is 2.99. The zero-order valence-electron chi connectivity index (χ0n) is 18.8. The van der Waals surface area contributed by atoms with Crippen molar-refractivity contribution in [1.82, 2.24) is 5.32 Å². The van der Waals surface area contributed by atoms with Crippen LogP contribution < -0.4 is 9.62 Å². The van der Waals surface area contributed by atoms with Crippen LogP contribution in [0.25, 0.3) is 0 Å². The number of carbonyl (C=O) groups excluding carboxylic acids is 1. The number of hydrogen-bond donors (Lipinski definition) is 1. The molecule has 0 radical (unpaired) electrons. The molecule has 0 bridgehead atoms. The molecule has 0 spiro atoms. The number of sulfonamides is 1. The van der Waals surface area contributed by atoms with Crippen molar-refractivity contribution < 1.29 is 13.2 Å². The molecule has 0 fully saturated rings. The Morgan fingerprint density at radius 2 is 1.81 bits per heavy atom. The van der Waals surface area contributed by atoms with E-state index in [1.165, 1.54) is 17.0 Å². The number of aryl methyl sites for hydroxylation is 1. The van der Waals surface area contributed by atoms with E-state index in [9.17, 15) is 13.2 Å². The van der Waals surface area contributed by atoms with E-state index < -0.39 is 10.0 Å². The average molecular weight is 557 g/mol. The lowest BCUT2D eigenvalue weighted by molar-refractivity contribution is 0.0946. The first-order chi connectivity index (χ1) is 14.7. The molecular weight excluding hydrogens is 523 g/mol. The van der Waals surface area contributed by atoms with Gasteiger partial charge in [0.2, 0.25) is 10.0 Å². The lowest BCUT2D eigenvalue weighted by Crippen LogP contribution is -2.30. The molecule has 0 aliphatic carbocycles. The fourth-order valence-electron chi connectivity index (χ4n) is 3.49. The molecule has 31 heavy (non-hydrogen) atoms. The van der Waals surface area contributed by atoms with E-state index in [1.54, 1.807) is 12.1 Å². The summed E-state index contributed by atoms with van der Waals surface area (Å²) >= 11 is 2.21. The summed E-state index contributed by atoms with van der Waals surface area (Å²) < 4.78 is 27.4. The molecule has 2 aromatic rings. The number of nitrogens with one attached hydrogen (secondary N) is 1. The maximum atomic E-state index is 12.5. The highest BCUT2D eigenvalue weighted by molar-refractivity contribution is 14.1. The van der Waals surface area contributed by atoms with Crippen LogP contribution in [0.2, 0.25) is 0 Å². The minimum absolute atomic E-state index is 0.0880. The van der Waals surface area contributed by atoms with E-state index in [1.807, 2.05) is 37.3 Å². The van der Waals surface area contributed by atoms with Crippen LogP contribution in [0.5, 0.6) is 0 Å². The predicted molar refractivity (Wildman–Crippen MR) is 137 cm³/mol. The van der Waals surface area contributed by atoms with Gasteiger partial charge in [0.25, 0.3) is 5.91 Å². The Labute approximate surface area is 200 Å². The first-order valence-electron chi connectivity index (χ1n) is 10.8. The minimum atomic E-state index is -3.46. The lowest BCUT2D eigenvalue weighted by Gasteiger charge is -2.24. The van der Waals surface area contributed by atoms with Crippen LogP contribution in [-0.4, -0.2) is 27.1 Å². The van der Waals surface area contributed by atoms with Gasteiger partial charge in [-0.2, -0.15) is 0 Å². The molecule has 0 unspecified atom stereocenters. The van der Waals surface area contributed by atoms with Crippen LogP contribution in [0.1, 0.15) is 61.0 Å². The van der Waals surface area contributed by atoms with Gasteiger partial charge in [-0.05, 0) is 83.3 Å². The molecule has 1 N–H and O–H groups in total. The number of benzene rings is 2. The topological polar surface area (TPSA) is 66.5 Å². The van der Waals surface area contributed by atoms with Crippen molar-refractivity contribution in [2.75, 3.05) is 17.1 Å². The van der Waals surface area contributed by atoms with Crippen LogP contribution >= 0.6 is 22.6 Å². The first kappa shape index (κ1) is 25.6. The summed E-state index contributed by atoms with van der Waals surface area (Å²) in [6, 6.07) is 12.9. The maximum absolute atomic E-state index is 12.5. The quantitative estimate of drug-likeness (QED) is 0.371. The summed E-state index contributed by atoms with van der Waals surface area (Å²) in [5, 5.41) is 3.04. The number of anilines is 1. The van der Waals surface area contributed by atoms with Crippen molar-refractivity contribution in [3.8, 4) is 0 Å². The van der Waals surface area contributed by atoms with Gasteiger partial charge in [-0.3, -0.25) is 9.10 Å². The highest BCUT2D eigenvalue weighted by Gasteiger charge is 2.20. The lowest BCUT2D eigenvalue weighted by atomic mass is 9.99. The summed E-state index contributed by atoms with van der Waals surface area (Å²) in [5.74, 6) is 0.415. The normalized spacial score (nSPS) is 12.4. The summed E-state index contributed by atoms with van der Waals surface area (Å²) in [4.78, 5) is 12.5. The number of halogens is 1. The zero-order valence-corrected chi connectivity index (χ0v) is 21.8. The van der Waals surface area contributed by atoms with Crippen molar-refractivity contribution in [3.63, 3.8) is 0 Å². The number of hydrogen-bond acceptors (Lipinski definition) is 3. The zero-order chi connectivity index (χ0) is 23.0.